The van der Waals surface area contributed by atoms with Gasteiger partial charge in [0.1, 0.15) is 11.7 Å². The number of carbonyl (C=O) groups excluding carboxylic acids is 2. The molecule has 0 radical (unpaired) electrons. The van der Waals surface area contributed by atoms with Crippen molar-refractivity contribution in [3.05, 3.63) is 66.2 Å². The van der Waals surface area contributed by atoms with Crippen molar-refractivity contribution >= 4 is 23.6 Å². The molecular weight excluding hydrogens is 344 g/mol. The summed E-state index contributed by atoms with van der Waals surface area (Å²) in [5.41, 5.74) is 4.86. The van der Waals surface area contributed by atoms with Crippen LogP contribution in [-0.2, 0) is 14.3 Å². The molecule has 0 spiro atoms. The highest BCUT2D eigenvalue weighted by molar-refractivity contribution is 6.00. The van der Waals surface area contributed by atoms with Gasteiger partial charge in [-0.1, -0.05) is 42.5 Å². The van der Waals surface area contributed by atoms with Crippen LogP contribution in [0.25, 0.3) is 6.08 Å². The molecule has 3 rings (SSSR count). The summed E-state index contributed by atoms with van der Waals surface area (Å²) in [5, 5.41) is 1.50. The fourth-order valence-corrected chi connectivity index (χ4v) is 3.01. The number of hydrogen-bond donors (Lipinski definition) is 1. The second-order valence-corrected chi connectivity index (χ2v) is 6.20. The zero-order chi connectivity index (χ0) is 19.2. The predicted molar refractivity (Wildman–Crippen MR) is 103 cm³/mol. The first-order valence-corrected chi connectivity index (χ1v) is 8.67. The van der Waals surface area contributed by atoms with Crippen LogP contribution in [-0.4, -0.2) is 37.1 Å². The Bertz CT molecular complexity index is 818. The molecule has 1 heterocycles. The van der Waals surface area contributed by atoms with E-state index in [-0.39, 0.29) is 11.9 Å². The lowest BCUT2D eigenvalue weighted by Gasteiger charge is -2.24. The number of ether oxygens (including phenoxy) is 2. The Morgan fingerprint density at radius 2 is 1.81 bits per heavy atom. The van der Waals surface area contributed by atoms with Gasteiger partial charge < -0.3 is 9.47 Å². The van der Waals surface area contributed by atoms with Crippen molar-refractivity contribution in [2.24, 2.45) is 5.92 Å². The van der Waals surface area contributed by atoms with E-state index in [1.165, 1.54) is 12.1 Å². The molecule has 1 saturated heterocycles. The van der Waals surface area contributed by atoms with Crippen molar-refractivity contribution < 1.29 is 19.1 Å². The van der Waals surface area contributed by atoms with Gasteiger partial charge >= 0.3 is 5.97 Å². The Labute approximate surface area is 158 Å². The first kappa shape index (κ1) is 18.5. The van der Waals surface area contributed by atoms with Crippen LogP contribution >= 0.6 is 0 Å². The topological polar surface area (TPSA) is 67.9 Å². The molecule has 140 valence electrons. The number of rotatable bonds is 6. The molecule has 1 aliphatic heterocycles. The van der Waals surface area contributed by atoms with Crippen molar-refractivity contribution in [3.8, 4) is 5.75 Å². The number of hydrazine groups is 1. The zero-order valence-corrected chi connectivity index (χ0v) is 15.3. The van der Waals surface area contributed by atoms with Crippen LogP contribution < -0.4 is 10.2 Å². The molecule has 2 aromatic rings. The third-order valence-electron chi connectivity index (χ3n) is 4.48. The average molecular weight is 366 g/mol. The SMILES string of the molecule is COC(=O)C1CC(/C=C/c2ccc(OC)cc2)N(Nc2ccccc2)C1=O. The van der Waals surface area contributed by atoms with E-state index in [2.05, 4.69) is 5.43 Å². The van der Waals surface area contributed by atoms with Gasteiger partial charge in [-0.2, -0.15) is 0 Å². The molecule has 1 N–H and O–H groups in total. The standard InChI is InChI=1S/C21H22N2O4/c1-26-18-12-9-15(10-13-18)8-11-17-14-19(21(25)27-2)20(24)23(17)22-16-6-4-3-5-7-16/h3-13,17,19,22H,14H2,1-2H3/b11-8+. The first-order chi connectivity index (χ1) is 13.1. The summed E-state index contributed by atoms with van der Waals surface area (Å²) in [4.78, 5) is 24.7. The van der Waals surface area contributed by atoms with Crippen LogP contribution in [0.2, 0.25) is 0 Å². The minimum absolute atomic E-state index is 0.274. The highest BCUT2D eigenvalue weighted by Crippen LogP contribution is 2.28. The predicted octanol–water partition coefficient (Wildman–Crippen LogP) is 3.13. The maximum Gasteiger partial charge on any atom is 0.318 e. The molecule has 0 aromatic heterocycles. The van der Waals surface area contributed by atoms with E-state index in [1.54, 1.807) is 7.11 Å². The maximum atomic E-state index is 12.7. The Kier molecular flexibility index (Phi) is 5.76. The summed E-state index contributed by atoms with van der Waals surface area (Å²) in [6, 6.07) is 16.7. The third kappa shape index (κ3) is 4.28. The second-order valence-electron chi connectivity index (χ2n) is 6.20. The van der Waals surface area contributed by atoms with Crippen LogP contribution in [0.4, 0.5) is 5.69 Å². The quantitative estimate of drug-likeness (QED) is 0.628. The number of amides is 1. The molecule has 6 nitrogen and oxygen atoms in total. The highest BCUT2D eigenvalue weighted by atomic mass is 16.5. The summed E-state index contributed by atoms with van der Waals surface area (Å²) in [6.45, 7) is 0. The van der Waals surface area contributed by atoms with Crippen LogP contribution in [0.3, 0.4) is 0 Å². The normalized spacial score (nSPS) is 19.3. The largest absolute Gasteiger partial charge is 0.497 e. The summed E-state index contributed by atoms with van der Waals surface area (Å²) in [7, 11) is 2.92. The molecule has 2 unspecified atom stereocenters. The van der Waals surface area contributed by atoms with Gasteiger partial charge in [-0.25, -0.2) is 5.01 Å². The second kappa shape index (κ2) is 8.40. The van der Waals surface area contributed by atoms with E-state index in [9.17, 15) is 9.59 Å². The fraction of sp³-hybridized carbons (Fsp3) is 0.238. The van der Waals surface area contributed by atoms with E-state index >= 15 is 0 Å². The molecule has 1 fully saturated rings. The number of methoxy groups -OCH3 is 2. The summed E-state index contributed by atoms with van der Waals surface area (Å²) in [6.07, 6.45) is 4.20. The summed E-state index contributed by atoms with van der Waals surface area (Å²) < 4.78 is 9.95. The molecule has 0 aliphatic carbocycles. The van der Waals surface area contributed by atoms with Crippen molar-refractivity contribution in [1.82, 2.24) is 5.01 Å². The zero-order valence-electron chi connectivity index (χ0n) is 15.3. The first-order valence-electron chi connectivity index (χ1n) is 8.67. The van der Waals surface area contributed by atoms with E-state index in [4.69, 9.17) is 9.47 Å². The lowest BCUT2D eigenvalue weighted by Crippen LogP contribution is -2.39. The smallest absolute Gasteiger partial charge is 0.318 e. The van der Waals surface area contributed by atoms with Crippen LogP contribution in [0, 0.1) is 5.92 Å². The van der Waals surface area contributed by atoms with Gasteiger partial charge in [0, 0.05) is 0 Å². The molecule has 27 heavy (non-hydrogen) atoms. The Morgan fingerprint density at radius 3 is 2.44 bits per heavy atom. The van der Waals surface area contributed by atoms with Gasteiger partial charge in [0.2, 0.25) is 0 Å². The molecule has 0 saturated carbocycles. The van der Waals surface area contributed by atoms with Gasteiger partial charge in [0.05, 0.1) is 25.9 Å². The minimum atomic E-state index is -0.809. The Balaban J connectivity index is 1.81. The van der Waals surface area contributed by atoms with Gasteiger partial charge in [-0.3, -0.25) is 15.0 Å². The Hall–Kier alpha value is -3.28. The number of anilines is 1. The maximum absolute atomic E-state index is 12.7. The lowest BCUT2D eigenvalue weighted by molar-refractivity contribution is -0.150. The van der Waals surface area contributed by atoms with Gasteiger partial charge in [-0.05, 0) is 36.2 Å². The molecular formula is C21H22N2O4. The number of nitrogens with one attached hydrogen (secondary N) is 1. The molecule has 2 atom stereocenters. The molecule has 1 amide bonds. The van der Waals surface area contributed by atoms with Gasteiger partial charge in [0.15, 0.2) is 0 Å². The monoisotopic (exact) mass is 366 g/mol. The molecule has 6 heteroatoms. The fourth-order valence-electron chi connectivity index (χ4n) is 3.01. The van der Waals surface area contributed by atoms with Gasteiger partial charge in [0.25, 0.3) is 5.91 Å². The van der Waals surface area contributed by atoms with Crippen LogP contribution in [0.15, 0.2) is 60.7 Å². The summed E-state index contributed by atoms with van der Waals surface area (Å²) >= 11 is 0. The van der Waals surface area contributed by atoms with E-state index in [0.29, 0.717) is 6.42 Å². The number of esters is 1. The van der Waals surface area contributed by atoms with E-state index < -0.39 is 11.9 Å². The van der Waals surface area contributed by atoms with Crippen LogP contribution in [0.5, 0.6) is 5.75 Å². The molecule has 1 aliphatic rings. The number of benzene rings is 2. The highest BCUT2D eigenvalue weighted by Gasteiger charge is 2.43. The average Bonchev–Trinajstić information content (AvgIpc) is 3.02. The van der Waals surface area contributed by atoms with Crippen molar-refractivity contribution in [3.63, 3.8) is 0 Å². The van der Waals surface area contributed by atoms with Crippen molar-refractivity contribution in [2.45, 2.75) is 12.5 Å². The van der Waals surface area contributed by atoms with E-state index in [0.717, 1.165) is 17.0 Å². The van der Waals surface area contributed by atoms with Gasteiger partial charge in [-0.15, -0.1) is 0 Å². The van der Waals surface area contributed by atoms with E-state index in [1.807, 2.05) is 66.7 Å². The third-order valence-corrected chi connectivity index (χ3v) is 4.48. The van der Waals surface area contributed by atoms with Crippen LogP contribution in [0.1, 0.15) is 12.0 Å². The number of nitrogens with zero attached hydrogens (tertiary/aromatic N) is 1. The number of hydrogen-bond acceptors (Lipinski definition) is 5. The van der Waals surface area contributed by atoms with Crippen molar-refractivity contribution in [2.75, 3.05) is 19.6 Å². The summed E-state index contributed by atoms with van der Waals surface area (Å²) in [5.74, 6) is -0.839. The number of para-hydroxylation sites is 1. The molecule has 2 aromatic carbocycles. The Morgan fingerprint density at radius 1 is 1.11 bits per heavy atom. The lowest BCUT2D eigenvalue weighted by atomic mass is 10.0. The van der Waals surface area contributed by atoms with Crippen molar-refractivity contribution in [1.29, 1.82) is 0 Å². The molecule has 0 bridgehead atoms. The number of carbonyl (C=O) groups is 2. The minimum Gasteiger partial charge on any atom is -0.497 e.